The van der Waals surface area contributed by atoms with Crippen molar-refractivity contribution in [3.8, 4) is 17.6 Å². The van der Waals surface area contributed by atoms with E-state index >= 15 is 0 Å². The van der Waals surface area contributed by atoms with E-state index in [0.29, 0.717) is 12.2 Å². The Morgan fingerprint density at radius 2 is 2.14 bits per heavy atom. The van der Waals surface area contributed by atoms with E-state index in [2.05, 4.69) is 0 Å². The number of nitro groups is 1. The van der Waals surface area contributed by atoms with Crippen LogP contribution in [0.1, 0.15) is 54.8 Å². The van der Waals surface area contributed by atoms with Crippen LogP contribution < -0.4 is 15.2 Å². The summed E-state index contributed by atoms with van der Waals surface area (Å²) in [4.78, 5) is 37.5. The van der Waals surface area contributed by atoms with E-state index in [1.807, 2.05) is 19.9 Å². The van der Waals surface area contributed by atoms with Crippen molar-refractivity contribution < 1.29 is 28.7 Å². The Kier molecular flexibility index (Phi) is 6.56. The number of esters is 1. The first-order valence-electron chi connectivity index (χ1n) is 11.1. The van der Waals surface area contributed by atoms with Crippen LogP contribution in [0.4, 0.5) is 5.69 Å². The number of hydrogen-bond donors (Lipinski definition) is 1. The molecule has 36 heavy (non-hydrogen) atoms. The number of nitriles is 1. The van der Waals surface area contributed by atoms with Gasteiger partial charge in [-0.15, -0.1) is 11.3 Å². The third-order valence-electron chi connectivity index (χ3n) is 5.88. The molecule has 1 aliphatic carbocycles. The van der Waals surface area contributed by atoms with Crippen LogP contribution in [-0.2, 0) is 9.53 Å². The Balaban J connectivity index is 1.90. The van der Waals surface area contributed by atoms with Gasteiger partial charge >= 0.3 is 11.7 Å². The molecule has 11 heteroatoms. The van der Waals surface area contributed by atoms with Gasteiger partial charge in [0.2, 0.25) is 11.6 Å². The first kappa shape index (κ1) is 24.9. The molecule has 186 valence electrons. The largest absolute Gasteiger partial charge is 0.490 e. The zero-order chi connectivity index (χ0) is 26.2. The summed E-state index contributed by atoms with van der Waals surface area (Å²) in [6.07, 6.45) is 0.613. The fourth-order valence-corrected chi connectivity index (χ4v) is 5.03. The number of benzene rings is 1. The number of carbonyl (C=O) groups is 2. The maximum absolute atomic E-state index is 13.2. The molecule has 10 nitrogen and oxygen atoms in total. The van der Waals surface area contributed by atoms with Crippen LogP contribution in [0.5, 0.6) is 11.5 Å². The van der Waals surface area contributed by atoms with E-state index in [9.17, 15) is 25.0 Å². The number of ether oxygens (including phenoxy) is 3. The maximum atomic E-state index is 13.2. The Hall–Kier alpha value is -4.17. The van der Waals surface area contributed by atoms with Gasteiger partial charge in [0.25, 0.3) is 0 Å². The molecule has 2 aromatic rings. The summed E-state index contributed by atoms with van der Waals surface area (Å²) in [6, 6.07) is 7.79. The fraction of sp³-hybridized carbons (Fsp3) is 0.320. The average molecular weight is 510 g/mol. The highest BCUT2D eigenvalue weighted by atomic mass is 32.1. The summed E-state index contributed by atoms with van der Waals surface area (Å²) in [7, 11) is 0. The molecule has 2 N–H and O–H groups in total. The molecular weight excluding hydrogens is 486 g/mol. The number of nitro benzene ring substituents is 1. The highest BCUT2D eigenvalue weighted by Crippen LogP contribution is 2.50. The highest BCUT2D eigenvalue weighted by Gasteiger charge is 2.44. The van der Waals surface area contributed by atoms with Gasteiger partial charge in [0.15, 0.2) is 11.5 Å². The number of ketones is 1. The summed E-state index contributed by atoms with van der Waals surface area (Å²) in [6.45, 7) is 5.62. The third-order valence-corrected chi connectivity index (χ3v) is 6.73. The summed E-state index contributed by atoms with van der Waals surface area (Å²) >= 11 is 1.13. The van der Waals surface area contributed by atoms with Crippen LogP contribution >= 0.6 is 11.3 Å². The van der Waals surface area contributed by atoms with E-state index in [0.717, 1.165) is 11.3 Å². The number of carbonyl (C=O) groups excluding carboxylic acids is 2. The summed E-state index contributed by atoms with van der Waals surface area (Å²) in [5.74, 6) is -2.27. The van der Waals surface area contributed by atoms with Crippen LogP contribution in [0, 0.1) is 26.9 Å². The van der Waals surface area contributed by atoms with Crippen LogP contribution in [0.2, 0.25) is 0 Å². The quantitative estimate of drug-likeness (QED) is 0.252. The Morgan fingerprint density at radius 3 is 2.75 bits per heavy atom. The zero-order valence-corrected chi connectivity index (χ0v) is 20.6. The smallest absolute Gasteiger partial charge is 0.354 e. The molecule has 0 radical (unpaired) electrons. The minimum absolute atomic E-state index is 0.0399. The molecule has 1 atom stereocenters. The van der Waals surface area contributed by atoms with Gasteiger partial charge in [-0.2, -0.15) is 5.26 Å². The van der Waals surface area contributed by atoms with Crippen LogP contribution in [0.15, 0.2) is 52.4 Å². The standard InChI is InChI=1S/C25H23N3O7S/c1-4-33-17-9-13(8-15(28(31)32)22(17)35-24(30)19-6-5-7-36-19)20-14(12-26)23(27)34-18-11-25(2,3)10-16(29)21(18)20/h5-9,20H,4,10-11,27H2,1-3H3/t20-/m1/s1. The second-order valence-electron chi connectivity index (χ2n) is 9.13. The molecule has 0 saturated carbocycles. The van der Waals surface area contributed by atoms with Gasteiger partial charge in [-0.3, -0.25) is 14.9 Å². The van der Waals surface area contributed by atoms with E-state index in [1.54, 1.807) is 18.4 Å². The van der Waals surface area contributed by atoms with Crippen LogP contribution in [0.25, 0.3) is 0 Å². The average Bonchev–Trinajstić information content (AvgIpc) is 3.33. The number of nitrogens with two attached hydrogens (primary N) is 1. The van der Waals surface area contributed by atoms with Gasteiger partial charge in [-0.05, 0) is 35.4 Å². The molecule has 4 rings (SSSR count). The number of rotatable bonds is 6. The Bertz CT molecular complexity index is 1370. The van der Waals surface area contributed by atoms with Crippen molar-refractivity contribution in [1.82, 2.24) is 0 Å². The number of nitrogens with zero attached hydrogens (tertiary/aromatic N) is 2. The molecule has 2 heterocycles. The van der Waals surface area contributed by atoms with Crippen molar-refractivity contribution in [2.24, 2.45) is 11.1 Å². The summed E-state index contributed by atoms with van der Waals surface area (Å²) in [5.41, 5.74) is 5.55. The molecule has 2 aliphatic rings. The minimum Gasteiger partial charge on any atom is -0.490 e. The van der Waals surface area contributed by atoms with Crippen LogP contribution in [0.3, 0.4) is 0 Å². The second-order valence-corrected chi connectivity index (χ2v) is 10.1. The van der Waals surface area contributed by atoms with Crippen molar-refractivity contribution in [2.45, 2.75) is 39.5 Å². The zero-order valence-electron chi connectivity index (χ0n) is 19.8. The molecule has 1 aliphatic heterocycles. The molecular formula is C25H23N3O7S. The summed E-state index contributed by atoms with van der Waals surface area (Å²) in [5, 5.41) is 23.6. The van der Waals surface area contributed by atoms with Gasteiger partial charge in [0.1, 0.15) is 22.3 Å². The van der Waals surface area contributed by atoms with E-state index in [1.165, 1.54) is 18.2 Å². The Morgan fingerprint density at radius 1 is 1.39 bits per heavy atom. The molecule has 0 saturated heterocycles. The lowest BCUT2D eigenvalue weighted by Gasteiger charge is -2.37. The number of thiophene rings is 1. The lowest BCUT2D eigenvalue weighted by Crippen LogP contribution is -2.33. The normalized spacial score (nSPS) is 18.7. The minimum atomic E-state index is -0.998. The monoisotopic (exact) mass is 509 g/mol. The molecule has 0 fully saturated rings. The van der Waals surface area contributed by atoms with Crippen molar-refractivity contribution >= 4 is 28.8 Å². The van der Waals surface area contributed by atoms with E-state index in [-0.39, 0.29) is 63.2 Å². The van der Waals surface area contributed by atoms with E-state index < -0.39 is 22.5 Å². The van der Waals surface area contributed by atoms with Gasteiger partial charge in [-0.1, -0.05) is 19.9 Å². The van der Waals surface area contributed by atoms with E-state index in [4.69, 9.17) is 19.9 Å². The van der Waals surface area contributed by atoms with Gasteiger partial charge in [-0.25, -0.2) is 4.79 Å². The molecule has 1 aromatic carbocycles. The number of Topliss-reactive ketones (excluding diaryl/α,β-unsaturated/α-hetero) is 1. The fourth-order valence-electron chi connectivity index (χ4n) is 4.43. The number of hydrogen-bond acceptors (Lipinski definition) is 10. The van der Waals surface area contributed by atoms with Crippen molar-refractivity contribution in [1.29, 1.82) is 5.26 Å². The molecule has 0 spiro atoms. The van der Waals surface area contributed by atoms with Gasteiger partial charge in [0.05, 0.1) is 17.4 Å². The lowest BCUT2D eigenvalue weighted by molar-refractivity contribution is -0.385. The summed E-state index contributed by atoms with van der Waals surface area (Å²) < 4.78 is 16.7. The first-order chi connectivity index (χ1) is 17.1. The molecule has 0 unspecified atom stereocenters. The predicted octanol–water partition coefficient (Wildman–Crippen LogP) is 4.73. The van der Waals surface area contributed by atoms with Crippen molar-refractivity contribution in [2.75, 3.05) is 6.61 Å². The lowest BCUT2D eigenvalue weighted by atomic mass is 9.70. The first-order valence-corrected chi connectivity index (χ1v) is 12.0. The SMILES string of the molecule is CCOc1cc([C@@H]2C(C#N)=C(N)OC3=C2C(=O)CC(C)(C)C3)cc([N+](=O)[O-])c1OC(=O)c1cccs1. The third kappa shape index (κ3) is 4.55. The van der Waals surface area contributed by atoms with Gasteiger partial charge < -0.3 is 19.9 Å². The Labute approximate surface area is 210 Å². The highest BCUT2D eigenvalue weighted by molar-refractivity contribution is 7.12. The van der Waals surface area contributed by atoms with Crippen molar-refractivity contribution in [3.05, 3.63) is 73.0 Å². The topological polar surface area (TPSA) is 155 Å². The van der Waals surface area contributed by atoms with Gasteiger partial charge in [0, 0.05) is 24.5 Å². The molecule has 0 bridgehead atoms. The number of allylic oxidation sites excluding steroid dienone is 3. The second kappa shape index (κ2) is 9.47. The maximum Gasteiger partial charge on any atom is 0.354 e. The van der Waals surface area contributed by atoms with Crippen LogP contribution in [-0.4, -0.2) is 23.3 Å². The predicted molar refractivity (Wildman–Crippen MR) is 129 cm³/mol. The van der Waals surface area contributed by atoms with Crippen molar-refractivity contribution in [3.63, 3.8) is 0 Å². The molecule has 1 aromatic heterocycles. The molecule has 0 amide bonds.